The van der Waals surface area contributed by atoms with Crippen LogP contribution in [0.1, 0.15) is 31.9 Å². The summed E-state index contributed by atoms with van der Waals surface area (Å²) in [6.07, 6.45) is 2.06. The van der Waals surface area contributed by atoms with Crippen molar-refractivity contribution in [3.8, 4) is 5.88 Å². The van der Waals surface area contributed by atoms with Crippen molar-refractivity contribution in [2.45, 2.75) is 38.6 Å². The number of aromatic nitrogens is 1. The van der Waals surface area contributed by atoms with Crippen LogP contribution in [0.3, 0.4) is 0 Å². The van der Waals surface area contributed by atoms with E-state index in [2.05, 4.69) is 5.16 Å². The van der Waals surface area contributed by atoms with Crippen LogP contribution in [-0.2, 0) is 9.59 Å². The summed E-state index contributed by atoms with van der Waals surface area (Å²) in [5.74, 6) is -0.524. The van der Waals surface area contributed by atoms with Crippen LogP contribution in [0.5, 0.6) is 5.88 Å². The van der Waals surface area contributed by atoms with Crippen LogP contribution in [0.15, 0.2) is 10.6 Å². The molecule has 2 rings (SSSR count). The zero-order valence-corrected chi connectivity index (χ0v) is 11.6. The molecular formula is C13H18N2O5. The van der Waals surface area contributed by atoms with Gasteiger partial charge in [0, 0.05) is 12.6 Å². The highest BCUT2D eigenvalue weighted by molar-refractivity contribution is 5.87. The van der Waals surface area contributed by atoms with Gasteiger partial charge in [-0.05, 0) is 38.3 Å². The van der Waals surface area contributed by atoms with Crippen molar-refractivity contribution in [3.05, 3.63) is 11.8 Å². The fourth-order valence-electron chi connectivity index (χ4n) is 2.37. The molecule has 7 nitrogen and oxygen atoms in total. The predicted molar refractivity (Wildman–Crippen MR) is 68.3 cm³/mol. The van der Waals surface area contributed by atoms with Gasteiger partial charge in [0.15, 0.2) is 6.61 Å². The van der Waals surface area contributed by atoms with E-state index >= 15 is 0 Å². The Kier molecular flexibility index (Phi) is 3.96. The third-order valence-electron chi connectivity index (χ3n) is 3.60. The lowest BCUT2D eigenvalue weighted by molar-refractivity contribution is -0.161. The summed E-state index contributed by atoms with van der Waals surface area (Å²) in [4.78, 5) is 25.0. The maximum Gasteiger partial charge on any atom is 0.329 e. The van der Waals surface area contributed by atoms with Crippen LogP contribution in [0, 0.1) is 6.92 Å². The summed E-state index contributed by atoms with van der Waals surface area (Å²) in [6.45, 7) is 3.48. The topological polar surface area (TPSA) is 92.9 Å². The molecule has 0 radical (unpaired) electrons. The molecule has 20 heavy (non-hydrogen) atoms. The van der Waals surface area contributed by atoms with Crippen LogP contribution in [-0.4, -0.2) is 45.7 Å². The monoisotopic (exact) mass is 282 g/mol. The van der Waals surface area contributed by atoms with Gasteiger partial charge in [-0.15, -0.1) is 0 Å². The van der Waals surface area contributed by atoms with Gasteiger partial charge in [-0.25, -0.2) is 4.79 Å². The standard InChI is InChI=1S/C13H18N2O5/c1-9-7-10(14-20-9)19-8-11(16)15-6-4-3-5-13(15,2)12(17)18/h7H,3-6,8H2,1-2H3,(H,17,18). The number of carboxylic acids is 1. The molecule has 110 valence electrons. The van der Waals surface area contributed by atoms with Gasteiger partial charge in [0.2, 0.25) is 0 Å². The molecule has 1 aliphatic heterocycles. The van der Waals surface area contributed by atoms with Crippen LogP contribution >= 0.6 is 0 Å². The number of piperidine rings is 1. The van der Waals surface area contributed by atoms with E-state index in [0.29, 0.717) is 18.7 Å². The summed E-state index contributed by atoms with van der Waals surface area (Å²) in [5, 5.41) is 13.0. The summed E-state index contributed by atoms with van der Waals surface area (Å²) in [6, 6.07) is 1.57. The Bertz CT molecular complexity index is 513. The molecule has 1 fully saturated rings. The lowest BCUT2D eigenvalue weighted by Crippen LogP contribution is -2.58. The summed E-state index contributed by atoms with van der Waals surface area (Å²) < 4.78 is 10.1. The Morgan fingerprint density at radius 3 is 2.90 bits per heavy atom. The van der Waals surface area contributed by atoms with E-state index in [9.17, 15) is 14.7 Å². The first-order valence-electron chi connectivity index (χ1n) is 6.53. The first kappa shape index (κ1) is 14.4. The quantitative estimate of drug-likeness (QED) is 0.892. The molecule has 1 amide bonds. The van der Waals surface area contributed by atoms with Gasteiger partial charge in [0.25, 0.3) is 11.8 Å². The molecule has 1 aromatic heterocycles. The lowest BCUT2D eigenvalue weighted by Gasteiger charge is -2.41. The average Bonchev–Trinajstić information content (AvgIpc) is 2.82. The largest absolute Gasteiger partial charge is 0.480 e. The second kappa shape index (κ2) is 5.52. The van der Waals surface area contributed by atoms with Gasteiger partial charge in [-0.2, -0.15) is 0 Å². The number of carbonyl (C=O) groups excluding carboxylic acids is 1. The molecular weight excluding hydrogens is 264 g/mol. The number of rotatable bonds is 4. The van der Waals surface area contributed by atoms with Crippen molar-refractivity contribution in [2.75, 3.05) is 13.2 Å². The maximum absolute atomic E-state index is 12.2. The number of aliphatic carboxylic acids is 1. The molecule has 0 aliphatic carbocycles. The van der Waals surface area contributed by atoms with E-state index in [-0.39, 0.29) is 18.4 Å². The second-order valence-corrected chi connectivity index (χ2v) is 5.15. The zero-order valence-electron chi connectivity index (χ0n) is 11.6. The molecule has 1 saturated heterocycles. The van der Waals surface area contributed by atoms with Crippen molar-refractivity contribution in [3.63, 3.8) is 0 Å². The highest BCUT2D eigenvalue weighted by Crippen LogP contribution is 2.28. The first-order chi connectivity index (χ1) is 9.43. The molecule has 0 spiro atoms. The van der Waals surface area contributed by atoms with Crippen molar-refractivity contribution in [2.24, 2.45) is 0 Å². The minimum atomic E-state index is -1.15. The Hall–Kier alpha value is -2.05. The fourth-order valence-corrected chi connectivity index (χ4v) is 2.37. The van der Waals surface area contributed by atoms with Crippen molar-refractivity contribution in [1.82, 2.24) is 10.1 Å². The Morgan fingerprint density at radius 1 is 1.55 bits per heavy atom. The average molecular weight is 282 g/mol. The van der Waals surface area contributed by atoms with Gasteiger partial charge in [0.1, 0.15) is 11.3 Å². The SMILES string of the molecule is Cc1cc(OCC(=O)N2CCCCC2(C)C(=O)O)no1. The number of likely N-dealkylation sites (tertiary alicyclic amines) is 1. The number of aryl methyl sites for hydroxylation is 1. The molecule has 1 N–H and O–H groups in total. The van der Waals surface area contributed by atoms with Gasteiger partial charge >= 0.3 is 5.97 Å². The van der Waals surface area contributed by atoms with E-state index in [1.165, 1.54) is 4.90 Å². The number of ether oxygens (including phenoxy) is 1. The minimum absolute atomic E-state index is 0.227. The second-order valence-electron chi connectivity index (χ2n) is 5.15. The van der Waals surface area contributed by atoms with Crippen LogP contribution < -0.4 is 4.74 Å². The summed E-state index contributed by atoms with van der Waals surface area (Å²) in [7, 11) is 0. The number of nitrogens with zero attached hydrogens (tertiary/aromatic N) is 2. The Balaban J connectivity index is 2.01. The predicted octanol–water partition coefficient (Wildman–Crippen LogP) is 1.22. The number of carbonyl (C=O) groups is 2. The fraction of sp³-hybridized carbons (Fsp3) is 0.615. The summed E-state index contributed by atoms with van der Waals surface area (Å²) >= 11 is 0. The van der Waals surface area contributed by atoms with Crippen LogP contribution in [0.4, 0.5) is 0 Å². The Morgan fingerprint density at radius 2 is 2.30 bits per heavy atom. The van der Waals surface area contributed by atoms with Crippen LogP contribution in [0.2, 0.25) is 0 Å². The molecule has 0 aromatic carbocycles. The minimum Gasteiger partial charge on any atom is -0.480 e. The first-order valence-corrected chi connectivity index (χ1v) is 6.53. The number of hydrogen-bond donors (Lipinski definition) is 1. The molecule has 0 saturated carbocycles. The number of amides is 1. The molecule has 0 bridgehead atoms. The third-order valence-corrected chi connectivity index (χ3v) is 3.60. The van der Waals surface area contributed by atoms with E-state index in [1.807, 2.05) is 0 Å². The van der Waals surface area contributed by atoms with Gasteiger partial charge in [0.05, 0.1) is 0 Å². The highest BCUT2D eigenvalue weighted by Gasteiger charge is 2.43. The van der Waals surface area contributed by atoms with E-state index in [0.717, 1.165) is 12.8 Å². The van der Waals surface area contributed by atoms with Gasteiger partial charge < -0.3 is 19.3 Å². The molecule has 1 aromatic rings. The molecule has 7 heteroatoms. The van der Waals surface area contributed by atoms with E-state index < -0.39 is 11.5 Å². The maximum atomic E-state index is 12.2. The molecule has 1 aliphatic rings. The van der Waals surface area contributed by atoms with E-state index in [1.54, 1.807) is 19.9 Å². The van der Waals surface area contributed by atoms with Gasteiger partial charge in [-0.1, -0.05) is 0 Å². The number of carboxylic acid groups (broad SMARTS) is 1. The molecule has 1 atom stereocenters. The highest BCUT2D eigenvalue weighted by atomic mass is 16.5. The zero-order chi connectivity index (χ0) is 14.8. The van der Waals surface area contributed by atoms with Crippen LogP contribution in [0.25, 0.3) is 0 Å². The van der Waals surface area contributed by atoms with Gasteiger partial charge in [-0.3, -0.25) is 4.79 Å². The smallest absolute Gasteiger partial charge is 0.329 e. The molecule has 1 unspecified atom stereocenters. The Labute approximate surface area is 116 Å². The van der Waals surface area contributed by atoms with Crippen molar-refractivity contribution >= 4 is 11.9 Å². The normalized spacial score (nSPS) is 22.6. The van der Waals surface area contributed by atoms with Crippen molar-refractivity contribution in [1.29, 1.82) is 0 Å². The third kappa shape index (κ3) is 2.76. The van der Waals surface area contributed by atoms with Crippen molar-refractivity contribution < 1.29 is 24.0 Å². The summed E-state index contributed by atoms with van der Waals surface area (Å²) in [5.41, 5.74) is -1.15. The number of hydrogen-bond acceptors (Lipinski definition) is 5. The molecule has 2 heterocycles. The lowest BCUT2D eigenvalue weighted by atomic mass is 9.88. The van der Waals surface area contributed by atoms with E-state index in [4.69, 9.17) is 9.26 Å².